The van der Waals surface area contributed by atoms with Crippen molar-refractivity contribution in [3.05, 3.63) is 106 Å². The maximum Gasteiger partial charge on any atom is 0.0540 e. The molecule has 1 saturated carbocycles. The molecular formula is C30H33N3. The molecule has 0 radical (unpaired) electrons. The van der Waals surface area contributed by atoms with Crippen molar-refractivity contribution in [2.45, 2.75) is 58.2 Å². The van der Waals surface area contributed by atoms with Gasteiger partial charge in [0.1, 0.15) is 0 Å². The first-order valence-electron chi connectivity index (χ1n) is 11.8. The Balaban J connectivity index is 1.54. The first-order chi connectivity index (χ1) is 16.1. The third-order valence-electron chi connectivity index (χ3n) is 6.47. The zero-order chi connectivity index (χ0) is 23.0. The molecule has 0 aromatic heterocycles. The van der Waals surface area contributed by atoms with Crippen molar-refractivity contribution in [1.82, 2.24) is 0 Å². The molecule has 3 aromatic rings. The molecule has 0 unspecified atom stereocenters. The molecule has 0 heterocycles. The predicted molar refractivity (Wildman–Crippen MR) is 142 cm³/mol. The van der Waals surface area contributed by atoms with Crippen molar-refractivity contribution in [2.75, 3.05) is 0 Å². The first-order valence-corrected chi connectivity index (χ1v) is 11.8. The van der Waals surface area contributed by atoms with Crippen LogP contribution in [0.25, 0.3) is 0 Å². The number of hydrogen-bond donors (Lipinski definition) is 0. The van der Waals surface area contributed by atoms with E-state index in [0.717, 1.165) is 19.3 Å². The van der Waals surface area contributed by atoms with Gasteiger partial charge in [0.05, 0.1) is 18.1 Å². The fraction of sp³-hybridized carbons (Fsp3) is 0.300. The summed E-state index contributed by atoms with van der Waals surface area (Å²) in [7, 11) is 0. The third kappa shape index (κ3) is 6.35. The van der Waals surface area contributed by atoms with Gasteiger partial charge in [0.2, 0.25) is 0 Å². The Bertz CT molecular complexity index is 1010. The average Bonchev–Trinajstić information content (AvgIpc) is 2.82. The van der Waals surface area contributed by atoms with Gasteiger partial charge in [-0.2, -0.15) is 0 Å². The second-order valence-corrected chi connectivity index (χ2v) is 9.07. The highest BCUT2D eigenvalue weighted by molar-refractivity contribution is 5.83. The molecule has 33 heavy (non-hydrogen) atoms. The lowest BCUT2D eigenvalue weighted by Gasteiger charge is -2.29. The van der Waals surface area contributed by atoms with Gasteiger partial charge >= 0.3 is 0 Å². The molecular weight excluding hydrogens is 402 g/mol. The fourth-order valence-electron chi connectivity index (χ4n) is 4.35. The lowest BCUT2D eigenvalue weighted by molar-refractivity contribution is 0.358. The van der Waals surface area contributed by atoms with Gasteiger partial charge in [-0.25, -0.2) is 0 Å². The third-order valence-corrected chi connectivity index (χ3v) is 6.47. The van der Waals surface area contributed by atoms with Crippen LogP contribution >= 0.6 is 0 Å². The minimum atomic E-state index is 0.219. The Morgan fingerprint density at radius 2 is 0.758 bits per heavy atom. The molecule has 0 amide bonds. The van der Waals surface area contributed by atoms with Crippen LogP contribution in [0.4, 0.5) is 0 Å². The van der Waals surface area contributed by atoms with E-state index >= 15 is 0 Å². The Labute approximate surface area is 198 Å². The van der Waals surface area contributed by atoms with Gasteiger partial charge < -0.3 is 0 Å². The van der Waals surface area contributed by atoms with Crippen molar-refractivity contribution in [3.8, 4) is 0 Å². The molecule has 0 N–H and O–H groups in total. The molecule has 0 spiro atoms. The zero-order valence-corrected chi connectivity index (χ0v) is 19.9. The van der Waals surface area contributed by atoms with Crippen molar-refractivity contribution in [1.29, 1.82) is 0 Å². The minimum absolute atomic E-state index is 0.219. The molecule has 3 heteroatoms. The lowest BCUT2D eigenvalue weighted by atomic mass is 9.87. The minimum Gasteiger partial charge on any atom is -0.289 e. The number of nitrogens with zero attached hydrogens (tertiary/aromatic N) is 3. The van der Waals surface area contributed by atoms with Gasteiger partial charge in [0.25, 0.3) is 0 Å². The summed E-state index contributed by atoms with van der Waals surface area (Å²) < 4.78 is 0. The Morgan fingerprint density at radius 1 is 0.485 bits per heavy atom. The van der Waals surface area contributed by atoms with Gasteiger partial charge in [0.15, 0.2) is 0 Å². The van der Waals surface area contributed by atoms with Gasteiger partial charge in [0, 0.05) is 18.6 Å². The molecule has 1 aliphatic carbocycles. The molecule has 1 fully saturated rings. The Kier molecular flexibility index (Phi) is 7.62. The largest absolute Gasteiger partial charge is 0.289 e. The molecule has 3 aromatic carbocycles. The molecule has 0 aliphatic heterocycles. The number of aliphatic imine (C=N–C) groups is 3. The molecule has 0 bridgehead atoms. The van der Waals surface area contributed by atoms with E-state index in [1.165, 1.54) is 33.4 Å². The van der Waals surface area contributed by atoms with Gasteiger partial charge in [-0.3, -0.25) is 15.0 Å². The van der Waals surface area contributed by atoms with Crippen LogP contribution in [-0.4, -0.2) is 36.8 Å². The van der Waals surface area contributed by atoms with Crippen LogP contribution in [0.15, 0.2) is 87.8 Å². The average molecular weight is 436 g/mol. The second-order valence-electron chi connectivity index (χ2n) is 9.07. The molecule has 3 nitrogen and oxygen atoms in total. The van der Waals surface area contributed by atoms with E-state index in [1.807, 2.05) is 18.6 Å². The van der Waals surface area contributed by atoms with Crippen LogP contribution in [-0.2, 0) is 0 Å². The maximum atomic E-state index is 4.99. The van der Waals surface area contributed by atoms with E-state index in [1.54, 1.807) is 0 Å². The monoisotopic (exact) mass is 435 g/mol. The van der Waals surface area contributed by atoms with Crippen LogP contribution in [0.3, 0.4) is 0 Å². The summed E-state index contributed by atoms with van der Waals surface area (Å²) in [5.41, 5.74) is 7.30. The summed E-state index contributed by atoms with van der Waals surface area (Å²) in [6.45, 7) is 6.40. The summed E-state index contributed by atoms with van der Waals surface area (Å²) in [5.74, 6) is 0. The number of benzene rings is 3. The predicted octanol–water partition coefficient (Wildman–Crippen LogP) is 6.56. The zero-order valence-electron chi connectivity index (χ0n) is 19.9. The number of rotatable bonds is 6. The molecule has 168 valence electrons. The topological polar surface area (TPSA) is 37.1 Å². The molecule has 0 saturated heterocycles. The fourth-order valence-corrected chi connectivity index (χ4v) is 4.35. The Hall–Kier alpha value is -3.33. The molecule has 0 atom stereocenters. The van der Waals surface area contributed by atoms with Gasteiger partial charge in [-0.15, -0.1) is 0 Å². The van der Waals surface area contributed by atoms with Crippen LogP contribution in [0.1, 0.15) is 52.6 Å². The highest BCUT2D eigenvalue weighted by Gasteiger charge is 2.27. The van der Waals surface area contributed by atoms with Crippen LogP contribution in [0, 0.1) is 20.8 Å². The summed E-state index contributed by atoms with van der Waals surface area (Å²) in [6.07, 6.45) is 8.99. The van der Waals surface area contributed by atoms with E-state index in [4.69, 9.17) is 15.0 Å². The molecule has 4 rings (SSSR count). The van der Waals surface area contributed by atoms with Crippen LogP contribution in [0.5, 0.6) is 0 Å². The quantitative estimate of drug-likeness (QED) is 0.393. The summed E-state index contributed by atoms with van der Waals surface area (Å²) in [4.78, 5) is 15.0. The Morgan fingerprint density at radius 3 is 1.03 bits per heavy atom. The van der Waals surface area contributed by atoms with Crippen molar-refractivity contribution in [2.24, 2.45) is 15.0 Å². The normalized spacial score (nSPS) is 21.4. The summed E-state index contributed by atoms with van der Waals surface area (Å²) >= 11 is 0. The highest BCUT2D eigenvalue weighted by atomic mass is 14.9. The van der Waals surface area contributed by atoms with E-state index in [0.29, 0.717) is 0 Å². The summed E-state index contributed by atoms with van der Waals surface area (Å²) in [6, 6.07) is 25.9. The van der Waals surface area contributed by atoms with E-state index in [-0.39, 0.29) is 18.1 Å². The van der Waals surface area contributed by atoms with Gasteiger partial charge in [-0.1, -0.05) is 72.8 Å². The number of hydrogen-bond acceptors (Lipinski definition) is 3. The summed E-state index contributed by atoms with van der Waals surface area (Å²) in [5, 5.41) is 0. The SMILES string of the molecule is Cc1ccccc1C=NC1CC(N=Cc2ccccc2C)CC(N=Cc2ccccc2C)C1. The second kappa shape index (κ2) is 11.0. The van der Waals surface area contributed by atoms with Crippen molar-refractivity contribution >= 4 is 18.6 Å². The van der Waals surface area contributed by atoms with Crippen molar-refractivity contribution < 1.29 is 0 Å². The van der Waals surface area contributed by atoms with E-state index in [9.17, 15) is 0 Å². The van der Waals surface area contributed by atoms with Crippen molar-refractivity contribution in [3.63, 3.8) is 0 Å². The number of aryl methyl sites for hydroxylation is 3. The standard InChI is InChI=1S/C30H33N3/c1-22-10-4-7-13-25(22)19-31-28-16-29(32-20-26-14-8-5-11-23(26)2)18-30(17-28)33-21-27-15-9-6-12-24(27)3/h4-15,19-21,28-30H,16-18H2,1-3H3. The lowest BCUT2D eigenvalue weighted by Crippen LogP contribution is -2.30. The van der Waals surface area contributed by atoms with E-state index < -0.39 is 0 Å². The van der Waals surface area contributed by atoms with Crippen LogP contribution < -0.4 is 0 Å². The maximum absolute atomic E-state index is 4.99. The van der Waals surface area contributed by atoms with Gasteiger partial charge in [-0.05, 0) is 73.4 Å². The van der Waals surface area contributed by atoms with Crippen LogP contribution in [0.2, 0.25) is 0 Å². The van der Waals surface area contributed by atoms with E-state index in [2.05, 4.69) is 93.6 Å². The molecule has 1 aliphatic rings. The highest BCUT2D eigenvalue weighted by Crippen LogP contribution is 2.27. The smallest absolute Gasteiger partial charge is 0.0540 e. The first kappa shape index (κ1) is 22.8.